The number of benzene rings is 1. The van der Waals surface area contributed by atoms with Gasteiger partial charge in [-0.25, -0.2) is 0 Å². The lowest BCUT2D eigenvalue weighted by atomic mass is 9.78. The quantitative estimate of drug-likeness (QED) is 0.218. The number of ketones is 2. The van der Waals surface area contributed by atoms with E-state index in [2.05, 4.69) is 4.90 Å². The number of nitrogens with zero attached hydrogens (tertiary/aromatic N) is 1. The Bertz CT molecular complexity index is 978. The minimum atomic E-state index is -0.921. The van der Waals surface area contributed by atoms with E-state index >= 15 is 0 Å². The lowest BCUT2D eigenvalue weighted by molar-refractivity contribution is -0.127. The predicted molar refractivity (Wildman–Crippen MR) is 143 cm³/mol. The SMILES string of the molecule is CCC(C(=O)CCCCCC(=O)C1=CCC(OC)=CC1)C(CN1CCCC1)C(O)c1ccc(O)c(O)c1. The summed E-state index contributed by atoms with van der Waals surface area (Å²) in [5.74, 6) is 0.110. The Morgan fingerprint density at radius 2 is 1.73 bits per heavy atom. The molecule has 1 fully saturated rings. The summed E-state index contributed by atoms with van der Waals surface area (Å²) in [5, 5.41) is 30.9. The highest BCUT2D eigenvalue weighted by Crippen LogP contribution is 2.36. The molecule has 204 valence electrons. The van der Waals surface area contributed by atoms with Crippen molar-refractivity contribution >= 4 is 11.6 Å². The Labute approximate surface area is 220 Å². The van der Waals surface area contributed by atoms with Crippen molar-refractivity contribution in [2.45, 2.75) is 77.2 Å². The Morgan fingerprint density at radius 1 is 1.00 bits per heavy atom. The van der Waals surface area contributed by atoms with Gasteiger partial charge >= 0.3 is 0 Å². The summed E-state index contributed by atoms with van der Waals surface area (Å²) in [6.07, 6.45) is 10.4. The first-order valence-corrected chi connectivity index (χ1v) is 13.7. The van der Waals surface area contributed by atoms with Gasteiger partial charge < -0.3 is 25.0 Å². The standard InChI is InChI=1S/C30H43NO6/c1-3-24(27(33)10-6-4-5-9-26(32)21-11-14-23(37-2)15-12-21)25(20-31-17-7-8-18-31)30(36)22-13-16-28(34)29(35)19-22/h11,13,15-16,19,24-25,30,34-36H,3-10,12,14,17-18,20H2,1-2H3. The summed E-state index contributed by atoms with van der Waals surface area (Å²) in [6.45, 7) is 4.53. The number of allylic oxidation sites excluding steroid dienone is 3. The van der Waals surface area contributed by atoms with Crippen molar-refractivity contribution < 1.29 is 29.6 Å². The molecule has 0 spiro atoms. The molecule has 1 heterocycles. The van der Waals surface area contributed by atoms with Gasteiger partial charge in [-0.15, -0.1) is 0 Å². The van der Waals surface area contributed by atoms with Crippen molar-refractivity contribution in [1.29, 1.82) is 0 Å². The molecule has 1 aliphatic carbocycles. The van der Waals surface area contributed by atoms with Gasteiger partial charge in [-0.1, -0.05) is 25.5 Å². The summed E-state index contributed by atoms with van der Waals surface area (Å²) in [6, 6.07) is 4.37. The number of Topliss-reactive ketones (excluding diaryl/α,β-unsaturated/α-hetero) is 2. The second-order valence-electron chi connectivity index (χ2n) is 10.3. The number of aliphatic hydroxyl groups excluding tert-OH is 1. The van der Waals surface area contributed by atoms with E-state index in [0.717, 1.165) is 56.5 Å². The maximum absolute atomic E-state index is 13.3. The maximum Gasteiger partial charge on any atom is 0.158 e. The van der Waals surface area contributed by atoms with E-state index in [1.165, 1.54) is 12.1 Å². The van der Waals surface area contributed by atoms with E-state index in [9.17, 15) is 24.9 Å². The monoisotopic (exact) mass is 513 g/mol. The highest BCUT2D eigenvalue weighted by molar-refractivity contribution is 5.95. The Balaban J connectivity index is 1.54. The molecule has 37 heavy (non-hydrogen) atoms. The van der Waals surface area contributed by atoms with Gasteiger partial charge in [-0.2, -0.15) is 0 Å². The highest BCUT2D eigenvalue weighted by atomic mass is 16.5. The molecule has 3 N–H and O–H groups in total. The average molecular weight is 514 g/mol. The van der Waals surface area contributed by atoms with Crippen molar-refractivity contribution in [1.82, 2.24) is 4.90 Å². The number of ether oxygens (including phenoxy) is 1. The molecule has 1 aromatic carbocycles. The number of phenolic OH excluding ortho intramolecular Hbond substituents is 2. The third kappa shape index (κ3) is 8.17. The molecule has 1 saturated heterocycles. The zero-order valence-corrected chi connectivity index (χ0v) is 22.3. The van der Waals surface area contributed by atoms with E-state index < -0.39 is 6.10 Å². The number of aliphatic hydroxyl groups is 1. The molecule has 3 unspecified atom stereocenters. The lowest BCUT2D eigenvalue weighted by Crippen LogP contribution is -2.37. The lowest BCUT2D eigenvalue weighted by Gasteiger charge is -2.33. The molecule has 1 aromatic rings. The summed E-state index contributed by atoms with van der Waals surface area (Å²) < 4.78 is 5.22. The number of carbonyl (C=O) groups is 2. The molecule has 1 aliphatic heterocycles. The van der Waals surface area contributed by atoms with Crippen molar-refractivity contribution in [2.24, 2.45) is 11.8 Å². The second-order valence-corrected chi connectivity index (χ2v) is 10.3. The molecule has 0 saturated carbocycles. The minimum Gasteiger partial charge on any atom is -0.504 e. The van der Waals surface area contributed by atoms with Gasteiger partial charge in [0.25, 0.3) is 0 Å². The van der Waals surface area contributed by atoms with Crippen molar-refractivity contribution in [3.05, 3.63) is 47.2 Å². The molecule has 3 atom stereocenters. The molecule has 0 radical (unpaired) electrons. The maximum atomic E-state index is 13.3. The third-order valence-electron chi connectivity index (χ3n) is 7.83. The van der Waals surface area contributed by atoms with Crippen LogP contribution in [0.1, 0.15) is 82.8 Å². The van der Waals surface area contributed by atoms with Crippen LogP contribution in [0.5, 0.6) is 11.5 Å². The first-order chi connectivity index (χ1) is 17.8. The van der Waals surface area contributed by atoms with Crippen molar-refractivity contribution in [3.63, 3.8) is 0 Å². The van der Waals surface area contributed by atoms with Gasteiger partial charge in [0.05, 0.1) is 19.0 Å². The van der Waals surface area contributed by atoms with E-state index in [0.29, 0.717) is 44.2 Å². The first-order valence-electron chi connectivity index (χ1n) is 13.7. The average Bonchev–Trinajstić information content (AvgIpc) is 3.42. The number of aromatic hydroxyl groups is 2. The van der Waals surface area contributed by atoms with Crippen molar-refractivity contribution in [3.8, 4) is 11.5 Å². The van der Waals surface area contributed by atoms with Crippen LogP contribution in [0.3, 0.4) is 0 Å². The molecule has 0 bridgehead atoms. The van der Waals surface area contributed by atoms with E-state index in [1.807, 2.05) is 19.1 Å². The molecule has 2 aliphatic rings. The Hall–Kier alpha value is -2.64. The minimum absolute atomic E-state index is 0.146. The van der Waals surface area contributed by atoms with Crippen LogP contribution in [0.4, 0.5) is 0 Å². The number of carbonyl (C=O) groups excluding carboxylic acids is 2. The van der Waals surface area contributed by atoms with Crippen LogP contribution < -0.4 is 0 Å². The molecular formula is C30H43NO6. The van der Waals surface area contributed by atoms with Crippen molar-refractivity contribution in [2.75, 3.05) is 26.7 Å². The number of unbranched alkanes of at least 4 members (excludes halogenated alkanes) is 2. The van der Waals surface area contributed by atoms with Crippen LogP contribution in [-0.4, -0.2) is 58.5 Å². The van der Waals surface area contributed by atoms with E-state index in [-0.39, 0.29) is 34.9 Å². The van der Waals surface area contributed by atoms with Crippen LogP contribution >= 0.6 is 0 Å². The number of methoxy groups -OCH3 is 1. The number of rotatable bonds is 15. The van der Waals surface area contributed by atoms with Gasteiger partial charge in [0, 0.05) is 37.6 Å². The topological polar surface area (TPSA) is 107 Å². The fraction of sp³-hybridized carbons (Fsp3) is 0.600. The largest absolute Gasteiger partial charge is 0.504 e. The van der Waals surface area contributed by atoms with Gasteiger partial charge in [0.15, 0.2) is 17.3 Å². The molecule has 3 rings (SSSR count). The molecule has 0 amide bonds. The summed E-state index contributed by atoms with van der Waals surface area (Å²) in [7, 11) is 1.64. The fourth-order valence-corrected chi connectivity index (χ4v) is 5.57. The summed E-state index contributed by atoms with van der Waals surface area (Å²) in [5.41, 5.74) is 1.36. The normalized spacial score (nSPS) is 18.6. The first kappa shape index (κ1) is 28.9. The van der Waals surface area contributed by atoms with Gasteiger partial charge in [-0.05, 0) is 81.0 Å². The van der Waals surface area contributed by atoms with Gasteiger partial charge in [0.2, 0.25) is 0 Å². The highest BCUT2D eigenvalue weighted by Gasteiger charge is 2.35. The smallest absolute Gasteiger partial charge is 0.158 e. The molecule has 0 aromatic heterocycles. The zero-order valence-electron chi connectivity index (χ0n) is 22.3. The Morgan fingerprint density at radius 3 is 2.35 bits per heavy atom. The van der Waals surface area contributed by atoms with Gasteiger partial charge in [0.1, 0.15) is 5.78 Å². The molecule has 7 nitrogen and oxygen atoms in total. The fourth-order valence-electron chi connectivity index (χ4n) is 5.57. The number of phenols is 2. The molecule has 7 heteroatoms. The van der Waals surface area contributed by atoms with E-state index in [1.54, 1.807) is 13.2 Å². The summed E-state index contributed by atoms with van der Waals surface area (Å²) >= 11 is 0. The zero-order chi connectivity index (χ0) is 26.8. The van der Waals surface area contributed by atoms with Crippen LogP contribution in [-0.2, 0) is 14.3 Å². The molecular weight excluding hydrogens is 470 g/mol. The van der Waals surface area contributed by atoms with Crippen LogP contribution in [0.25, 0.3) is 0 Å². The van der Waals surface area contributed by atoms with Gasteiger partial charge in [-0.3, -0.25) is 9.59 Å². The summed E-state index contributed by atoms with van der Waals surface area (Å²) in [4.78, 5) is 28.1. The predicted octanol–water partition coefficient (Wildman–Crippen LogP) is 5.21. The number of hydrogen-bond donors (Lipinski definition) is 3. The van der Waals surface area contributed by atoms with Crippen LogP contribution in [0.2, 0.25) is 0 Å². The Kier molecular flexibility index (Phi) is 11.2. The van der Waals surface area contributed by atoms with Crippen LogP contribution in [0.15, 0.2) is 41.7 Å². The van der Waals surface area contributed by atoms with Crippen LogP contribution in [0, 0.1) is 11.8 Å². The van der Waals surface area contributed by atoms with E-state index in [4.69, 9.17) is 4.74 Å². The third-order valence-corrected chi connectivity index (χ3v) is 7.83. The number of likely N-dealkylation sites (tertiary alicyclic amines) is 1. The second kappa shape index (κ2) is 14.3. The number of hydrogen-bond acceptors (Lipinski definition) is 7.